The fraction of sp³-hybridized carbons (Fsp3) is 0.200. The van der Waals surface area contributed by atoms with Crippen LogP contribution in [0.15, 0.2) is 36.4 Å². The highest BCUT2D eigenvalue weighted by molar-refractivity contribution is 5.51. The van der Waals surface area contributed by atoms with E-state index in [1.807, 2.05) is 0 Å². The quantitative estimate of drug-likeness (QED) is 0.685. The molecule has 0 radical (unpaired) electrons. The van der Waals surface area contributed by atoms with E-state index in [-0.39, 0.29) is 17.2 Å². The molecule has 0 aliphatic rings. The molecule has 0 aliphatic carbocycles. The molecule has 0 spiro atoms. The molecule has 2 aromatic carbocycles. The van der Waals surface area contributed by atoms with Gasteiger partial charge in [-0.05, 0) is 26.0 Å². The van der Waals surface area contributed by atoms with Crippen molar-refractivity contribution in [3.8, 4) is 11.5 Å². The third-order valence-corrected chi connectivity index (χ3v) is 3.15. The Hall–Kier alpha value is -2.47. The van der Waals surface area contributed by atoms with Crippen molar-refractivity contribution in [3.05, 3.63) is 63.5 Å². The van der Waals surface area contributed by atoms with E-state index < -0.39 is 16.8 Å². The zero-order chi connectivity index (χ0) is 15.6. The number of para-hydroxylation sites is 1. The number of nitro groups is 1. The van der Waals surface area contributed by atoms with E-state index in [0.29, 0.717) is 11.1 Å². The molecular formula is C15H15FN2O3. The third kappa shape index (κ3) is 3.00. The van der Waals surface area contributed by atoms with Crippen LogP contribution >= 0.6 is 0 Å². The van der Waals surface area contributed by atoms with Gasteiger partial charge in [-0.2, -0.15) is 0 Å². The van der Waals surface area contributed by atoms with Crippen LogP contribution in [0.3, 0.4) is 0 Å². The van der Waals surface area contributed by atoms with Crippen LogP contribution in [0.1, 0.15) is 24.1 Å². The standard InChI is InChI=1S/C15H15FN2O3/c1-9-13(18(19)20)7-4-8-14(9)21-15-11(10(2)17)5-3-6-12(15)16/h3-8,10H,17H2,1-2H3. The lowest BCUT2D eigenvalue weighted by Gasteiger charge is -2.15. The molecule has 2 N–H and O–H groups in total. The number of hydrogen-bond acceptors (Lipinski definition) is 4. The van der Waals surface area contributed by atoms with E-state index in [2.05, 4.69) is 0 Å². The molecule has 0 saturated carbocycles. The number of rotatable bonds is 4. The number of nitrogens with zero attached hydrogens (tertiary/aromatic N) is 1. The van der Waals surface area contributed by atoms with Gasteiger partial charge in [-0.15, -0.1) is 0 Å². The van der Waals surface area contributed by atoms with Gasteiger partial charge < -0.3 is 10.5 Å². The fourth-order valence-corrected chi connectivity index (χ4v) is 2.01. The first kappa shape index (κ1) is 14.9. The maximum Gasteiger partial charge on any atom is 0.276 e. The summed E-state index contributed by atoms with van der Waals surface area (Å²) in [5.74, 6) is -0.331. The average molecular weight is 290 g/mol. The van der Waals surface area contributed by atoms with Crippen LogP contribution in [0.2, 0.25) is 0 Å². The second kappa shape index (κ2) is 5.88. The Bertz CT molecular complexity index is 687. The number of nitrogens with two attached hydrogens (primary N) is 1. The highest BCUT2D eigenvalue weighted by atomic mass is 19.1. The summed E-state index contributed by atoms with van der Waals surface area (Å²) in [6.45, 7) is 3.27. The summed E-state index contributed by atoms with van der Waals surface area (Å²) in [6.07, 6.45) is 0. The maximum atomic E-state index is 14.0. The third-order valence-electron chi connectivity index (χ3n) is 3.15. The van der Waals surface area contributed by atoms with Crippen molar-refractivity contribution in [2.75, 3.05) is 0 Å². The Morgan fingerprint density at radius 1 is 1.29 bits per heavy atom. The zero-order valence-electron chi connectivity index (χ0n) is 11.7. The van der Waals surface area contributed by atoms with Gasteiger partial charge in [-0.3, -0.25) is 10.1 Å². The summed E-state index contributed by atoms with van der Waals surface area (Å²) in [4.78, 5) is 10.4. The van der Waals surface area contributed by atoms with Gasteiger partial charge in [-0.1, -0.05) is 18.2 Å². The molecular weight excluding hydrogens is 275 g/mol. The molecule has 2 aromatic rings. The highest BCUT2D eigenvalue weighted by Crippen LogP contribution is 2.35. The molecule has 0 aromatic heterocycles. The Balaban J connectivity index is 2.49. The van der Waals surface area contributed by atoms with Gasteiger partial charge in [-0.25, -0.2) is 4.39 Å². The molecule has 6 heteroatoms. The molecule has 1 unspecified atom stereocenters. The minimum Gasteiger partial charge on any atom is -0.453 e. The molecule has 0 heterocycles. The Morgan fingerprint density at radius 3 is 2.57 bits per heavy atom. The van der Waals surface area contributed by atoms with Crippen LogP contribution in [-0.2, 0) is 0 Å². The number of nitro benzene ring substituents is 1. The molecule has 0 bridgehead atoms. The number of hydrogen-bond donors (Lipinski definition) is 1. The Morgan fingerprint density at radius 2 is 1.95 bits per heavy atom. The molecule has 110 valence electrons. The van der Waals surface area contributed by atoms with Crippen molar-refractivity contribution in [2.24, 2.45) is 5.73 Å². The lowest BCUT2D eigenvalue weighted by atomic mass is 10.1. The zero-order valence-corrected chi connectivity index (χ0v) is 11.7. The van der Waals surface area contributed by atoms with Crippen molar-refractivity contribution < 1.29 is 14.1 Å². The second-order valence-electron chi connectivity index (χ2n) is 4.71. The van der Waals surface area contributed by atoms with Crippen LogP contribution in [0.5, 0.6) is 11.5 Å². The topological polar surface area (TPSA) is 78.4 Å². The molecule has 5 nitrogen and oxygen atoms in total. The largest absolute Gasteiger partial charge is 0.453 e. The molecule has 0 saturated heterocycles. The van der Waals surface area contributed by atoms with Crippen LogP contribution in [0.25, 0.3) is 0 Å². The van der Waals surface area contributed by atoms with E-state index in [1.165, 1.54) is 18.2 Å². The van der Waals surface area contributed by atoms with Crippen molar-refractivity contribution in [2.45, 2.75) is 19.9 Å². The predicted octanol–water partition coefficient (Wildman–Crippen LogP) is 3.85. The van der Waals surface area contributed by atoms with Crippen LogP contribution in [0.4, 0.5) is 10.1 Å². The lowest BCUT2D eigenvalue weighted by Crippen LogP contribution is -2.08. The van der Waals surface area contributed by atoms with E-state index >= 15 is 0 Å². The monoisotopic (exact) mass is 290 g/mol. The van der Waals surface area contributed by atoms with E-state index in [1.54, 1.807) is 32.0 Å². The SMILES string of the molecule is Cc1c(Oc2c(F)cccc2C(C)N)cccc1[N+](=O)[O-]. The van der Waals surface area contributed by atoms with Gasteiger partial charge in [0.2, 0.25) is 0 Å². The first-order valence-electron chi connectivity index (χ1n) is 6.37. The van der Waals surface area contributed by atoms with Crippen molar-refractivity contribution in [3.63, 3.8) is 0 Å². The fourth-order valence-electron chi connectivity index (χ4n) is 2.01. The molecule has 0 fully saturated rings. The van der Waals surface area contributed by atoms with Crippen molar-refractivity contribution in [1.29, 1.82) is 0 Å². The smallest absolute Gasteiger partial charge is 0.276 e. The second-order valence-corrected chi connectivity index (χ2v) is 4.71. The van der Waals surface area contributed by atoms with Gasteiger partial charge in [0.1, 0.15) is 5.75 Å². The number of halogens is 1. The minimum atomic E-state index is -0.560. The summed E-state index contributed by atoms with van der Waals surface area (Å²) in [5, 5.41) is 10.9. The van der Waals surface area contributed by atoms with Gasteiger partial charge >= 0.3 is 0 Å². The normalized spacial score (nSPS) is 12.0. The van der Waals surface area contributed by atoms with Crippen molar-refractivity contribution >= 4 is 5.69 Å². The average Bonchev–Trinajstić information content (AvgIpc) is 2.42. The number of benzene rings is 2. The van der Waals surface area contributed by atoms with Crippen LogP contribution < -0.4 is 10.5 Å². The maximum absolute atomic E-state index is 14.0. The van der Waals surface area contributed by atoms with Gasteiger partial charge in [0.15, 0.2) is 11.6 Å². The lowest BCUT2D eigenvalue weighted by molar-refractivity contribution is -0.385. The molecule has 0 amide bonds. The summed E-state index contributed by atoms with van der Waals surface area (Å²) >= 11 is 0. The van der Waals surface area contributed by atoms with Crippen LogP contribution in [0, 0.1) is 22.9 Å². The predicted molar refractivity (Wildman–Crippen MR) is 76.9 cm³/mol. The van der Waals surface area contributed by atoms with E-state index in [9.17, 15) is 14.5 Å². The minimum absolute atomic E-state index is 0.00361. The Kier molecular flexibility index (Phi) is 4.18. The highest BCUT2D eigenvalue weighted by Gasteiger charge is 2.18. The molecule has 0 aliphatic heterocycles. The summed E-state index contributed by atoms with van der Waals surface area (Å²) in [7, 11) is 0. The van der Waals surface area contributed by atoms with Gasteiger partial charge in [0.25, 0.3) is 5.69 Å². The van der Waals surface area contributed by atoms with Gasteiger partial charge in [0, 0.05) is 17.7 Å². The van der Waals surface area contributed by atoms with Crippen LogP contribution in [-0.4, -0.2) is 4.92 Å². The summed E-state index contributed by atoms with van der Waals surface area (Å²) in [5.41, 5.74) is 6.56. The first-order valence-corrected chi connectivity index (χ1v) is 6.37. The van der Waals surface area contributed by atoms with E-state index in [4.69, 9.17) is 10.5 Å². The van der Waals surface area contributed by atoms with Crippen molar-refractivity contribution in [1.82, 2.24) is 0 Å². The molecule has 1 atom stereocenters. The number of ether oxygens (including phenoxy) is 1. The Labute approximate surface area is 121 Å². The summed E-state index contributed by atoms with van der Waals surface area (Å²) < 4.78 is 19.5. The molecule has 21 heavy (non-hydrogen) atoms. The molecule has 2 rings (SSSR count). The first-order chi connectivity index (χ1) is 9.91. The van der Waals surface area contributed by atoms with Gasteiger partial charge in [0.05, 0.1) is 10.5 Å². The van der Waals surface area contributed by atoms with E-state index in [0.717, 1.165) is 0 Å². The summed E-state index contributed by atoms with van der Waals surface area (Å²) in [6, 6.07) is 8.46.